The Kier molecular flexibility index (Phi) is 6.43. The van der Waals surface area contributed by atoms with Gasteiger partial charge in [-0.15, -0.1) is 0 Å². The van der Waals surface area contributed by atoms with Crippen LogP contribution < -0.4 is 14.8 Å². The molecule has 104 valence electrons. The number of rotatable bonds is 8. The molecule has 0 aliphatic rings. The molecule has 5 heteroatoms. The third-order valence-corrected chi connectivity index (χ3v) is 2.46. The van der Waals surface area contributed by atoms with E-state index < -0.39 is 0 Å². The normalized spacial score (nSPS) is 9.79. The number of hydrogen-bond acceptors (Lipinski definition) is 4. The van der Waals surface area contributed by atoms with Crippen molar-refractivity contribution >= 4 is 11.7 Å². The summed E-state index contributed by atoms with van der Waals surface area (Å²) in [7, 11) is 1.60. The minimum atomic E-state index is -0.131. The second-order valence-electron chi connectivity index (χ2n) is 4.08. The van der Waals surface area contributed by atoms with Gasteiger partial charge in [0.1, 0.15) is 23.9 Å². The first kappa shape index (κ1) is 15.0. The van der Waals surface area contributed by atoms with Gasteiger partial charge in [-0.3, -0.25) is 4.79 Å². The lowest BCUT2D eigenvalue weighted by Crippen LogP contribution is -2.28. The van der Waals surface area contributed by atoms with Crippen LogP contribution in [0.15, 0.2) is 24.3 Å². The number of ether oxygens (including phenoxy) is 2. The van der Waals surface area contributed by atoms with Crippen LogP contribution in [0.2, 0.25) is 0 Å². The molecule has 0 unspecified atom stereocenters. The van der Waals surface area contributed by atoms with E-state index in [-0.39, 0.29) is 24.5 Å². The van der Waals surface area contributed by atoms with Crippen LogP contribution in [0.3, 0.4) is 0 Å². The van der Waals surface area contributed by atoms with Crippen molar-refractivity contribution in [3.05, 3.63) is 24.3 Å². The quantitative estimate of drug-likeness (QED) is 0.724. The van der Waals surface area contributed by atoms with Crippen LogP contribution in [0, 0.1) is 0 Å². The highest BCUT2D eigenvalue weighted by molar-refractivity contribution is 5.83. The van der Waals surface area contributed by atoms with Gasteiger partial charge in [0.15, 0.2) is 0 Å². The molecular weight excluding hydrogens is 246 g/mol. The molecule has 0 aliphatic carbocycles. The van der Waals surface area contributed by atoms with Crippen LogP contribution in [0.5, 0.6) is 11.5 Å². The van der Waals surface area contributed by atoms with E-state index in [1.165, 1.54) is 6.92 Å². The topological polar surface area (TPSA) is 64.6 Å². The number of methoxy groups -OCH3 is 1. The number of carbonyl (C=O) groups is 2. The summed E-state index contributed by atoms with van der Waals surface area (Å²) in [5.74, 6) is 1.38. The second-order valence-corrected chi connectivity index (χ2v) is 4.08. The summed E-state index contributed by atoms with van der Waals surface area (Å²) in [5.41, 5.74) is 0. The number of hydrogen-bond donors (Lipinski definition) is 1. The van der Waals surface area contributed by atoms with Crippen LogP contribution in [-0.4, -0.2) is 32.0 Å². The zero-order valence-corrected chi connectivity index (χ0v) is 11.3. The minimum absolute atomic E-state index is 0.0182. The smallest absolute Gasteiger partial charge is 0.220 e. The van der Waals surface area contributed by atoms with E-state index in [4.69, 9.17) is 9.47 Å². The first-order valence-corrected chi connectivity index (χ1v) is 6.15. The van der Waals surface area contributed by atoms with Crippen LogP contribution >= 0.6 is 0 Å². The summed E-state index contributed by atoms with van der Waals surface area (Å²) in [6.45, 7) is 2.28. The first-order chi connectivity index (χ1) is 9.11. The molecule has 0 spiro atoms. The third-order valence-electron chi connectivity index (χ3n) is 2.46. The van der Waals surface area contributed by atoms with Gasteiger partial charge < -0.3 is 19.6 Å². The first-order valence-electron chi connectivity index (χ1n) is 6.15. The monoisotopic (exact) mass is 265 g/mol. The second kappa shape index (κ2) is 8.13. The molecule has 1 amide bonds. The molecule has 0 atom stereocenters. The number of Topliss-reactive ketones (excluding diaryl/α,β-unsaturated/α-hetero) is 1. The summed E-state index contributed by atoms with van der Waals surface area (Å²) in [6, 6.07) is 7.22. The third kappa shape index (κ3) is 6.45. The Morgan fingerprint density at radius 3 is 2.32 bits per heavy atom. The summed E-state index contributed by atoms with van der Waals surface area (Å²) in [4.78, 5) is 22.0. The molecule has 0 radical (unpaired) electrons. The van der Waals surface area contributed by atoms with Gasteiger partial charge in [-0.1, -0.05) is 0 Å². The van der Waals surface area contributed by atoms with E-state index >= 15 is 0 Å². The molecule has 1 rings (SSSR count). The van der Waals surface area contributed by atoms with Gasteiger partial charge in [-0.2, -0.15) is 0 Å². The molecule has 0 fully saturated rings. The fourth-order valence-corrected chi connectivity index (χ4v) is 1.41. The molecule has 1 N–H and O–H groups in total. The highest BCUT2D eigenvalue weighted by Crippen LogP contribution is 2.16. The van der Waals surface area contributed by atoms with Crippen molar-refractivity contribution in [2.24, 2.45) is 0 Å². The van der Waals surface area contributed by atoms with Gasteiger partial charge in [0, 0.05) is 12.8 Å². The maximum absolute atomic E-state index is 11.3. The lowest BCUT2D eigenvalue weighted by atomic mass is 10.2. The van der Waals surface area contributed by atoms with Crippen LogP contribution in [0.4, 0.5) is 0 Å². The average Bonchev–Trinajstić information content (AvgIpc) is 2.42. The van der Waals surface area contributed by atoms with E-state index in [1.54, 1.807) is 31.4 Å². The number of nitrogens with one attached hydrogen (secondary N) is 1. The zero-order valence-electron chi connectivity index (χ0n) is 11.3. The predicted octanol–water partition coefficient (Wildman–Crippen LogP) is 1.56. The van der Waals surface area contributed by atoms with Crippen molar-refractivity contribution in [3.63, 3.8) is 0 Å². The largest absolute Gasteiger partial charge is 0.497 e. The van der Waals surface area contributed by atoms with Crippen LogP contribution in [0.1, 0.15) is 19.8 Å². The van der Waals surface area contributed by atoms with E-state index in [2.05, 4.69) is 5.32 Å². The predicted molar refractivity (Wildman–Crippen MR) is 71.4 cm³/mol. The van der Waals surface area contributed by atoms with Crippen LogP contribution in [0.25, 0.3) is 0 Å². The zero-order chi connectivity index (χ0) is 14.1. The Labute approximate surface area is 112 Å². The molecule has 1 aromatic carbocycles. The lowest BCUT2D eigenvalue weighted by molar-refractivity contribution is -0.124. The van der Waals surface area contributed by atoms with Gasteiger partial charge in [0.25, 0.3) is 0 Å². The number of amides is 1. The molecule has 0 heterocycles. The van der Waals surface area contributed by atoms with Crippen molar-refractivity contribution in [2.75, 3.05) is 20.3 Å². The molecule has 19 heavy (non-hydrogen) atoms. The Morgan fingerprint density at radius 1 is 1.11 bits per heavy atom. The van der Waals surface area contributed by atoms with Crippen molar-refractivity contribution in [1.82, 2.24) is 5.32 Å². The summed E-state index contributed by atoms with van der Waals surface area (Å²) in [5, 5.41) is 2.69. The number of ketones is 1. The Morgan fingerprint density at radius 2 is 1.74 bits per heavy atom. The maximum atomic E-state index is 11.3. The summed E-state index contributed by atoms with van der Waals surface area (Å²) >= 11 is 0. The minimum Gasteiger partial charge on any atom is -0.497 e. The van der Waals surface area contributed by atoms with Crippen molar-refractivity contribution < 1.29 is 19.1 Å². The van der Waals surface area contributed by atoms with E-state index in [0.29, 0.717) is 13.2 Å². The fourth-order valence-electron chi connectivity index (χ4n) is 1.41. The molecular formula is C14H19NO4. The number of carbonyl (C=O) groups excluding carboxylic acids is 2. The van der Waals surface area contributed by atoms with E-state index in [9.17, 15) is 9.59 Å². The maximum Gasteiger partial charge on any atom is 0.220 e. The standard InChI is InChI=1S/C14H19NO4/c1-11(16)3-8-14(17)15-9-10-19-13-6-4-12(18-2)5-7-13/h4-7H,3,8-10H2,1-2H3,(H,15,17). The summed E-state index contributed by atoms with van der Waals surface area (Å²) < 4.78 is 10.5. The SMILES string of the molecule is COc1ccc(OCCNC(=O)CCC(C)=O)cc1. The van der Waals surface area contributed by atoms with E-state index in [0.717, 1.165) is 11.5 Å². The highest BCUT2D eigenvalue weighted by Gasteiger charge is 2.02. The molecule has 5 nitrogen and oxygen atoms in total. The van der Waals surface area contributed by atoms with Crippen molar-refractivity contribution in [3.8, 4) is 11.5 Å². The van der Waals surface area contributed by atoms with Gasteiger partial charge >= 0.3 is 0 Å². The van der Waals surface area contributed by atoms with Gasteiger partial charge in [0.2, 0.25) is 5.91 Å². The van der Waals surface area contributed by atoms with Crippen molar-refractivity contribution in [2.45, 2.75) is 19.8 Å². The average molecular weight is 265 g/mol. The van der Waals surface area contributed by atoms with Gasteiger partial charge in [-0.25, -0.2) is 0 Å². The lowest BCUT2D eigenvalue weighted by Gasteiger charge is -2.08. The fraction of sp³-hybridized carbons (Fsp3) is 0.429. The van der Waals surface area contributed by atoms with Crippen molar-refractivity contribution in [1.29, 1.82) is 0 Å². The molecule has 0 aromatic heterocycles. The van der Waals surface area contributed by atoms with Gasteiger partial charge in [0.05, 0.1) is 13.7 Å². The Hall–Kier alpha value is -2.04. The molecule has 0 bridgehead atoms. The summed E-state index contributed by atoms with van der Waals surface area (Å²) in [6.07, 6.45) is 0.517. The van der Waals surface area contributed by atoms with Crippen LogP contribution in [-0.2, 0) is 9.59 Å². The Balaban J connectivity index is 2.16. The van der Waals surface area contributed by atoms with E-state index in [1.807, 2.05) is 0 Å². The van der Waals surface area contributed by atoms with Gasteiger partial charge in [-0.05, 0) is 31.2 Å². The number of benzene rings is 1. The molecule has 1 aromatic rings. The molecule has 0 aliphatic heterocycles. The molecule has 0 saturated heterocycles. The highest BCUT2D eigenvalue weighted by atomic mass is 16.5. The Bertz CT molecular complexity index is 414. The molecule has 0 saturated carbocycles.